The van der Waals surface area contributed by atoms with Gasteiger partial charge in [0.1, 0.15) is 11.6 Å². The van der Waals surface area contributed by atoms with Crippen molar-refractivity contribution in [1.29, 1.82) is 0 Å². The first kappa shape index (κ1) is 20.5. The molecule has 2 aliphatic rings. The molecule has 1 aromatic rings. The maximum atomic E-state index is 13.0. The number of carbonyl (C=O) groups excluding carboxylic acids is 2. The predicted molar refractivity (Wildman–Crippen MR) is 104 cm³/mol. The van der Waals surface area contributed by atoms with Crippen LogP contribution in [0.5, 0.6) is 0 Å². The lowest BCUT2D eigenvalue weighted by molar-refractivity contribution is -0.158. The highest BCUT2D eigenvalue weighted by Crippen LogP contribution is 2.32. The summed E-state index contributed by atoms with van der Waals surface area (Å²) < 4.78 is 5.84. The van der Waals surface area contributed by atoms with Crippen molar-refractivity contribution in [2.75, 3.05) is 0 Å². The highest BCUT2D eigenvalue weighted by Gasteiger charge is 2.41. The number of pyridine rings is 1. The van der Waals surface area contributed by atoms with E-state index in [4.69, 9.17) is 9.94 Å². The average Bonchev–Trinajstić information content (AvgIpc) is 3.25. The quantitative estimate of drug-likeness (QED) is 0.288. The third-order valence-corrected chi connectivity index (χ3v) is 5.67. The van der Waals surface area contributed by atoms with Crippen molar-refractivity contribution in [3.63, 3.8) is 0 Å². The SMILES string of the molecule is O=C(/C=C/c1ccc(CNC2(C(=O)OC3CCCC3)CCCCC2)cn1)NO. The number of hydroxylamine groups is 1. The molecule has 0 unspecified atom stereocenters. The molecule has 3 N–H and O–H groups in total. The van der Waals surface area contributed by atoms with E-state index in [-0.39, 0.29) is 12.1 Å². The lowest BCUT2D eigenvalue weighted by Gasteiger charge is -2.36. The molecule has 28 heavy (non-hydrogen) atoms. The van der Waals surface area contributed by atoms with Gasteiger partial charge in [-0.2, -0.15) is 0 Å². The minimum absolute atomic E-state index is 0.0805. The first-order valence-electron chi connectivity index (χ1n) is 10.1. The van der Waals surface area contributed by atoms with Gasteiger partial charge in [0.25, 0.3) is 5.91 Å². The van der Waals surface area contributed by atoms with Crippen LogP contribution in [0.2, 0.25) is 0 Å². The number of nitrogens with zero attached hydrogens (tertiary/aromatic N) is 1. The molecule has 0 spiro atoms. The van der Waals surface area contributed by atoms with E-state index in [0.717, 1.165) is 63.4 Å². The summed E-state index contributed by atoms with van der Waals surface area (Å²) in [5.74, 6) is -0.700. The van der Waals surface area contributed by atoms with Crippen LogP contribution in [-0.4, -0.2) is 33.7 Å². The van der Waals surface area contributed by atoms with Crippen molar-refractivity contribution in [2.24, 2.45) is 0 Å². The molecule has 1 aromatic heterocycles. The Bertz CT molecular complexity index is 690. The Morgan fingerprint density at radius 1 is 1.18 bits per heavy atom. The first-order valence-corrected chi connectivity index (χ1v) is 10.1. The molecule has 2 saturated carbocycles. The second kappa shape index (κ2) is 9.80. The summed E-state index contributed by atoms with van der Waals surface area (Å²) in [4.78, 5) is 28.3. The van der Waals surface area contributed by atoms with Gasteiger partial charge in [0.2, 0.25) is 0 Å². The molecule has 0 atom stereocenters. The second-order valence-electron chi connectivity index (χ2n) is 7.71. The van der Waals surface area contributed by atoms with Crippen molar-refractivity contribution >= 4 is 18.0 Å². The Labute approximate surface area is 165 Å². The molecular weight excluding hydrogens is 358 g/mol. The van der Waals surface area contributed by atoms with E-state index in [1.54, 1.807) is 12.3 Å². The standard InChI is InChI=1S/C21H29N3O4/c25-19(24-27)11-10-17-9-8-16(14-22-17)15-23-21(12-4-1-5-13-21)20(26)28-18-6-2-3-7-18/h8-11,14,18,23,27H,1-7,12-13,15H2,(H,24,25)/b11-10+. The number of aromatic nitrogens is 1. The molecule has 1 heterocycles. The van der Waals surface area contributed by atoms with Gasteiger partial charge in [-0.25, -0.2) is 5.48 Å². The smallest absolute Gasteiger partial charge is 0.326 e. The molecule has 0 aromatic carbocycles. The van der Waals surface area contributed by atoms with Crippen LogP contribution in [0.15, 0.2) is 24.4 Å². The predicted octanol–water partition coefficient (Wildman–Crippen LogP) is 2.88. The summed E-state index contributed by atoms with van der Waals surface area (Å²) in [5.41, 5.74) is 2.51. The number of esters is 1. The van der Waals surface area contributed by atoms with Gasteiger partial charge < -0.3 is 4.74 Å². The number of hydrogen-bond acceptors (Lipinski definition) is 6. The van der Waals surface area contributed by atoms with E-state index in [9.17, 15) is 9.59 Å². The van der Waals surface area contributed by atoms with E-state index in [1.807, 2.05) is 6.07 Å². The summed E-state index contributed by atoms with van der Waals surface area (Å²) in [6.45, 7) is 0.536. The third kappa shape index (κ3) is 5.39. The van der Waals surface area contributed by atoms with Gasteiger partial charge in [-0.1, -0.05) is 25.3 Å². The largest absolute Gasteiger partial charge is 0.461 e. The van der Waals surface area contributed by atoms with Crippen LogP contribution >= 0.6 is 0 Å². The van der Waals surface area contributed by atoms with Gasteiger partial charge in [0.05, 0.1) is 5.69 Å². The Morgan fingerprint density at radius 2 is 1.93 bits per heavy atom. The van der Waals surface area contributed by atoms with Crippen molar-refractivity contribution in [2.45, 2.75) is 76.0 Å². The van der Waals surface area contributed by atoms with E-state index in [0.29, 0.717) is 12.2 Å². The Kier molecular flexibility index (Phi) is 7.17. The molecule has 7 nitrogen and oxygen atoms in total. The summed E-state index contributed by atoms with van der Waals surface area (Å²) in [6.07, 6.45) is 13.6. The second-order valence-corrected chi connectivity index (χ2v) is 7.71. The Hall–Kier alpha value is -2.25. The minimum atomic E-state index is -0.604. The molecule has 0 saturated heterocycles. The summed E-state index contributed by atoms with van der Waals surface area (Å²) >= 11 is 0. The molecular formula is C21H29N3O4. The van der Waals surface area contributed by atoms with Gasteiger partial charge in [-0.15, -0.1) is 0 Å². The molecule has 2 aliphatic carbocycles. The van der Waals surface area contributed by atoms with Crippen LogP contribution in [0.1, 0.15) is 69.0 Å². The van der Waals surface area contributed by atoms with Gasteiger partial charge in [0, 0.05) is 18.8 Å². The van der Waals surface area contributed by atoms with Crippen LogP contribution in [0.3, 0.4) is 0 Å². The number of carbonyl (C=O) groups is 2. The molecule has 0 aliphatic heterocycles. The molecule has 1 amide bonds. The zero-order chi connectivity index (χ0) is 19.8. The lowest BCUT2D eigenvalue weighted by atomic mass is 9.81. The topological polar surface area (TPSA) is 101 Å². The maximum absolute atomic E-state index is 13.0. The van der Waals surface area contributed by atoms with Crippen LogP contribution in [0.4, 0.5) is 0 Å². The van der Waals surface area contributed by atoms with Gasteiger partial charge in [0.15, 0.2) is 0 Å². The highest BCUT2D eigenvalue weighted by atomic mass is 16.5. The van der Waals surface area contributed by atoms with Crippen LogP contribution < -0.4 is 10.8 Å². The summed E-state index contributed by atoms with van der Waals surface area (Å²) in [7, 11) is 0. The summed E-state index contributed by atoms with van der Waals surface area (Å²) in [5, 5.41) is 12.0. The fourth-order valence-corrected chi connectivity index (χ4v) is 3.99. The van der Waals surface area contributed by atoms with Gasteiger partial charge >= 0.3 is 5.97 Å². The van der Waals surface area contributed by atoms with Crippen LogP contribution in [0.25, 0.3) is 6.08 Å². The zero-order valence-electron chi connectivity index (χ0n) is 16.2. The Balaban J connectivity index is 1.60. The number of nitrogens with one attached hydrogen (secondary N) is 2. The molecule has 7 heteroatoms. The van der Waals surface area contributed by atoms with E-state index < -0.39 is 11.4 Å². The normalized spacial score (nSPS) is 19.6. The lowest BCUT2D eigenvalue weighted by Crippen LogP contribution is -2.54. The van der Waals surface area contributed by atoms with Crippen molar-refractivity contribution in [1.82, 2.24) is 15.8 Å². The number of rotatable bonds is 7. The Morgan fingerprint density at radius 3 is 2.57 bits per heavy atom. The van der Waals surface area contributed by atoms with E-state index >= 15 is 0 Å². The molecule has 0 bridgehead atoms. The van der Waals surface area contributed by atoms with Crippen molar-refractivity contribution in [3.05, 3.63) is 35.7 Å². The van der Waals surface area contributed by atoms with Gasteiger partial charge in [-0.05, 0) is 56.2 Å². The van der Waals surface area contributed by atoms with Gasteiger partial charge in [-0.3, -0.25) is 25.1 Å². The fraction of sp³-hybridized carbons (Fsp3) is 0.571. The van der Waals surface area contributed by atoms with Crippen molar-refractivity contribution < 1.29 is 19.5 Å². The molecule has 0 radical (unpaired) electrons. The number of hydrogen-bond donors (Lipinski definition) is 3. The summed E-state index contributed by atoms with van der Waals surface area (Å²) in [6, 6.07) is 3.71. The average molecular weight is 387 g/mol. The zero-order valence-corrected chi connectivity index (χ0v) is 16.2. The maximum Gasteiger partial charge on any atom is 0.326 e. The molecule has 3 rings (SSSR count). The first-order chi connectivity index (χ1) is 13.6. The minimum Gasteiger partial charge on any atom is -0.461 e. The molecule has 152 valence electrons. The highest BCUT2D eigenvalue weighted by molar-refractivity contribution is 5.90. The van der Waals surface area contributed by atoms with Crippen LogP contribution in [-0.2, 0) is 20.9 Å². The van der Waals surface area contributed by atoms with E-state index in [1.165, 1.54) is 17.6 Å². The number of amides is 1. The molecule has 2 fully saturated rings. The third-order valence-electron chi connectivity index (χ3n) is 5.67. The fourth-order valence-electron chi connectivity index (χ4n) is 3.99. The monoisotopic (exact) mass is 387 g/mol. The van der Waals surface area contributed by atoms with E-state index in [2.05, 4.69) is 10.3 Å². The number of ether oxygens (including phenoxy) is 1. The van der Waals surface area contributed by atoms with Crippen molar-refractivity contribution in [3.8, 4) is 0 Å². The van der Waals surface area contributed by atoms with Crippen LogP contribution in [0, 0.1) is 0 Å².